The number of carbonyl (C=O) groups excluding carboxylic acids is 2. The molecular weight excluding hydrogens is 565 g/mol. The van der Waals surface area contributed by atoms with Gasteiger partial charge in [-0.1, -0.05) is 73.1 Å². The van der Waals surface area contributed by atoms with E-state index in [0.717, 1.165) is 28.1 Å². The second kappa shape index (κ2) is 15.0. The Bertz CT molecular complexity index is 1400. The zero-order valence-corrected chi connectivity index (χ0v) is 25.2. The number of anilines is 1. The Morgan fingerprint density at radius 2 is 1.59 bits per heavy atom. The van der Waals surface area contributed by atoms with Crippen molar-refractivity contribution in [2.24, 2.45) is 0 Å². The first-order chi connectivity index (χ1) is 19.5. The summed E-state index contributed by atoms with van der Waals surface area (Å²) in [4.78, 5) is 28.9. The van der Waals surface area contributed by atoms with Crippen molar-refractivity contribution in [1.29, 1.82) is 0 Å². The summed E-state index contributed by atoms with van der Waals surface area (Å²) in [5.41, 5.74) is 1.62. The largest absolute Gasteiger partial charge is 0.352 e. The Hall–Kier alpha value is -3.43. The summed E-state index contributed by atoms with van der Waals surface area (Å²) in [6.45, 7) is 3.94. The van der Waals surface area contributed by atoms with E-state index < -0.39 is 21.9 Å². The lowest BCUT2D eigenvalue weighted by molar-refractivity contribution is -0.141. The van der Waals surface area contributed by atoms with Crippen LogP contribution in [-0.2, 0) is 32.6 Å². The summed E-state index contributed by atoms with van der Waals surface area (Å²) >= 11 is 6.08. The van der Waals surface area contributed by atoms with Crippen LogP contribution < -0.4 is 9.62 Å². The van der Waals surface area contributed by atoms with E-state index >= 15 is 0 Å². The fourth-order valence-corrected chi connectivity index (χ4v) is 5.51. The summed E-state index contributed by atoms with van der Waals surface area (Å²) in [6.07, 6.45) is 2.11. The molecule has 0 radical (unpaired) electrons. The molecule has 41 heavy (non-hydrogen) atoms. The fraction of sp³-hybridized carbons (Fsp3) is 0.355. The SMILES string of the molecule is CC[C@H](C)NC(=O)[C@H](Cc1ccccc1)N(Cc1ccc(Cl)cc1)C(=O)CCCN(c1ccccc1F)S(C)(=O)=O. The molecule has 2 atom stereocenters. The number of benzene rings is 3. The van der Waals surface area contributed by atoms with Crippen LogP contribution in [0, 0.1) is 5.82 Å². The Morgan fingerprint density at radius 3 is 2.20 bits per heavy atom. The van der Waals surface area contributed by atoms with Crippen molar-refractivity contribution in [3.8, 4) is 0 Å². The van der Waals surface area contributed by atoms with Gasteiger partial charge in [0, 0.05) is 37.0 Å². The zero-order chi connectivity index (χ0) is 30.0. The quantitative estimate of drug-likeness (QED) is 0.261. The number of nitrogens with zero attached hydrogens (tertiary/aromatic N) is 2. The molecule has 0 saturated carbocycles. The molecule has 2 amide bonds. The molecule has 0 bridgehead atoms. The van der Waals surface area contributed by atoms with Crippen LogP contribution in [0.25, 0.3) is 0 Å². The van der Waals surface area contributed by atoms with Gasteiger partial charge in [-0.15, -0.1) is 0 Å². The van der Waals surface area contributed by atoms with Crippen molar-refractivity contribution in [2.45, 2.75) is 58.2 Å². The van der Waals surface area contributed by atoms with E-state index in [1.807, 2.05) is 44.2 Å². The van der Waals surface area contributed by atoms with Crippen molar-refractivity contribution in [2.75, 3.05) is 17.1 Å². The molecule has 0 aliphatic heterocycles. The molecule has 220 valence electrons. The minimum Gasteiger partial charge on any atom is -0.352 e. The third kappa shape index (κ3) is 9.57. The van der Waals surface area contributed by atoms with Gasteiger partial charge in [-0.05, 0) is 55.2 Å². The fourth-order valence-electron chi connectivity index (χ4n) is 4.42. The zero-order valence-electron chi connectivity index (χ0n) is 23.6. The molecule has 10 heteroatoms. The summed E-state index contributed by atoms with van der Waals surface area (Å²) in [5.74, 6) is -1.25. The van der Waals surface area contributed by atoms with E-state index in [-0.39, 0.29) is 49.5 Å². The van der Waals surface area contributed by atoms with E-state index in [0.29, 0.717) is 11.4 Å². The van der Waals surface area contributed by atoms with Gasteiger partial charge in [0.2, 0.25) is 21.8 Å². The normalized spacial score (nSPS) is 12.8. The number of para-hydroxylation sites is 1. The number of rotatable bonds is 14. The van der Waals surface area contributed by atoms with Gasteiger partial charge in [-0.3, -0.25) is 13.9 Å². The Kier molecular flexibility index (Phi) is 11.7. The van der Waals surface area contributed by atoms with Gasteiger partial charge in [0.05, 0.1) is 11.9 Å². The lowest BCUT2D eigenvalue weighted by Crippen LogP contribution is -2.52. The molecule has 0 saturated heterocycles. The Labute approximate surface area is 247 Å². The van der Waals surface area contributed by atoms with Crippen LogP contribution in [0.15, 0.2) is 78.9 Å². The van der Waals surface area contributed by atoms with Gasteiger partial charge in [-0.2, -0.15) is 0 Å². The van der Waals surface area contributed by atoms with E-state index in [9.17, 15) is 22.4 Å². The Morgan fingerprint density at radius 1 is 0.951 bits per heavy atom. The van der Waals surface area contributed by atoms with Gasteiger partial charge in [0.25, 0.3) is 0 Å². The minimum absolute atomic E-state index is 0.0457. The molecule has 0 fully saturated rings. The lowest BCUT2D eigenvalue weighted by atomic mass is 10.0. The molecule has 0 aliphatic carbocycles. The highest BCUT2D eigenvalue weighted by molar-refractivity contribution is 7.92. The first-order valence-electron chi connectivity index (χ1n) is 13.6. The van der Waals surface area contributed by atoms with E-state index in [2.05, 4.69) is 5.32 Å². The predicted molar refractivity (Wildman–Crippen MR) is 162 cm³/mol. The molecule has 3 aromatic rings. The molecule has 3 rings (SSSR count). The average molecular weight is 602 g/mol. The highest BCUT2D eigenvalue weighted by Crippen LogP contribution is 2.23. The van der Waals surface area contributed by atoms with E-state index in [1.54, 1.807) is 35.2 Å². The molecular formula is C31H37ClFN3O4S. The molecule has 0 unspecified atom stereocenters. The summed E-state index contributed by atoms with van der Waals surface area (Å²) in [6, 6.07) is 21.2. The Balaban J connectivity index is 1.89. The maximum absolute atomic E-state index is 14.5. The topological polar surface area (TPSA) is 86.8 Å². The number of halogens is 2. The minimum atomic E-state index is -3.81. The van der Waals surface area contributed by atoms with Crippen LogP contribution in [0.4, 0.5) is 10.1 Å². The van der Waals surface area contributed by atoms with Crippen molar-refractivity contribution in [3.63, 3.8) is 0 Å². The number of sulfonamides is 1. The number of carbonyl (C=O) groups is 2. The van der Waals surface area contributed by atoms with Crippen molar-refractivity contribution in [3.05, 3.63) is 101 Å². The highest BCUT2D eigenvalue weighted by Gasteiger charge is 2.31. The standard InChI is InChI=1S/C31H37ClFN3O4S/c1-4-23(2)34-31(38)29(21-24-11-6-5-7-12-24)35(22-25-16-18-26(32)19-17-25)30(37)15-10-20-36(41(3,39)40)28-14-9-8-13-27(28)33/h5-9,11-14,16-19,23,29H,4,10,15,20-22H2,1-3H3,(H,34,38)/t23-,29-/m0/s1. The van der Waals surface area contributed by atoms with Crippen LogP contribution in [0.2, 0.25) is 5.02 Å². The highest BCUT2D eigenvalue weighted by atomic mass is 35.5. The summed E-state index contributed by atoms with van der Waals surface area (Å²) < 4.78 is 40.4. The average Bonchev–Trinajstić information content (AvgIpc) is 2.94. The van der Waals surface area contributed by atoms with Crippen molar-refractivity contribution < 1.29 is 22.4 Å². The number of nitrogens with one attached hydrogen (secondary N) is 1. The first-order valence-corrected chi connectivity index (χ1v) is 15.8. The van der Waals surface area contributed by atoms with Crippen LogP contribution in [0.5, 0.6) is 0 Å². The van der Waals surface area contributed by atoms with Crippen LogP contribution in [0.1, 0.15) is 44.2 Å². The van der Waals surface area contributed by atoms with Crippen molar-refractivity contribution >= 4 is 39.1 Å². The van der Waals surface area contributed by atoms with Gasteiger partial charge in [0.15, 0.2) is 0 Å². The maximum Gasteiger partial charge on any atom is 0.243 e. The maximum atomic E-state index is 14.5. The summed E-state index contributed by atoms with van der Waals surface area (Å²) in [7, 11) is -3.81. The number of amides is 2. The lowest BCUT2D eigenvalue weighted by Gasteiger charge is -2.32. The molecule has 0 heterocycles. The monoisotopic (exact) mass is 601 g/mol. The third-order valence-corrected chi connectivity index (χ3v) is 8.24. The van der Waals surface area contributed by atoms with Crippen LogP contribution >= 0.6 is 11.6 Å². The second-order valence-corrected chi connectivity index (χ2v) is 12.4. The van der Waals surface area contributed by atoms with Gasteiger partial charge in [0.1, 0.15) is 11.9 Å². The van der Waals surface area contributed by atoms with E-state index in [4.69, 9.17) is 11.6 Å². The molecule has 0 aromatic heterocycles. The predicted octanol–water partition coefficient (Wildman–Crippen LogP) is 5.58. The number of hydrogen-bond acceptors (Lipinski definition) is 4. The summed E-state index contributed by atoms with van der Waals surface area (Å²) in [5, 5.41) is 3.57. The van der Waals surface area contributed by atoms with Crippen LogP contribution in [0.3, 0.4) is 0 Å². The molecule has 1 N–H and O–H groups in total. The molecule has 7 nitrogen and oxygen atoms in total. The van der Waals surface area contributed by atoms with Crippen molar-refractivity contribution in [1.82, 2.24) is 10.2 Å². The smallest absolute Gasteiger partial charge is 0.243 e. The molecule has 3 aromatic carbocycles. The third-order valence-electron chi connectivity index (χ3n) is 6.81. The first kappa shape index (κ1) is 32.1. The van der Waals surface area contributed by atoms with E-state index in [1.165, 1.54) is 18.2 Å². The van der Waals surface area contributed by atoms with Gasteiger partial charge < -0.3 is 10.2 Å². The number of hydrogen-bond donors (Lipinski definition) is 1. The molecule has 0 spiro atoms. The van der Waals surface area contributed by atoms with Gasteiger partial charge >= 0.3 is 0 Å². The molecule has 0 aliphatic rings. The second-order valence-electron chi connectivity index (χ2n) is 10.1. The van der Waals surface area contributed by atoms with Crippen LogP contribution in [-0.4, -0.2) is 50.0 Å². The van der Waals surface area contributed by atoms with Gasteiger partial charge in [-0.25, -0.2) is 12.8 Å².